The molecular formula is C23H20BrNO2. The van der Waals surface area contributed by atoms with Gasteiger partial charge in [0, 0.05) is 18.7 Å². The molecule has 4 rings (SSSR count). The van der Waals surface area contributed by atoms with Gasteiger partial charge >= 0.3 is 0 Å². The van der Waals surface area contributed by atoms with Gasteiger partial charge in [-0.2, -0.15) is 0 Å². The van der Waals surface area contributed by atoms with E-state index in [1.165, 1.54) is 11.1 Å². The SMILES string of the molecule is O=C(c1ccc(COc2ccccc2Br)cc1)N1CCc2ccccc2C1. The van der Waals surface area contributed by atoms with Crippen LogP contribution in [0.4, 0.5) is 0 Å². The summed E-state index contributed by atoms with van der Waals surface area (Å²) in [5.74, 6) is 0.896. The van der Waals surface area contributed by atoms with Gasteiger partial charge in [-0.05, 0) is 63.3 Å². The number of hydrogen-bond donors (Lipinski definition) is 0. The lowest BCUT2D eigenvalue weighted by molar-refractivity contribution is 0.0734. The highest BCUT2D eigenvalue weighted by atomic mass is 79.9. The highest BCUT2D eigenvalue weighted by Gasteiger charge is 2.21. The Balaban J connectivity index is 1.40. The minimum Gasteiger partial charge on any atom is -0.488 e. The number of benzene rings is 3. The summed E-state index contributed by atoms with van der Waals surface area (Å²) < 4.78 is 6.77. The lowest BCUT2D eigenvalue weighted by Gasteiger charge is -2.29. The van der Waals surface area contributed by atoms with Crippen molar-refractivity contribution in [3.8, 4) is 5.75 Å². The van der Waals surface area contributed by atoms with Crippen LogP contribution in [-0.2, 0) is 19.6 Å². The summed E-state index contributed by atoms with van der Waals surface area (Å²) in [6.45, 7) is 1.92. The average molecular weight is 422 g/mol. The fraction of sp³-hybridized carbons (Fsp3) is 0.174. The Morgan fingerprint density at radius 1 is 0.926 bits per heavy atom. The molecule has 1 aliphatic rings. The van der Waals surface area contributed by atoms with Crippen molar-refractivity contribution >= 4 is 21.8 Å². The van der Waals surface area contributed by atoms with Gasteiger partial charge in [0.15, 0.2) is 0 Å². The molecule has 0 saturated heterocycles. The monoisotopic (exact) mass is 421 g/mol. The molecule has 3 aromatic rings. The Labute approximate surface area is 167 Å². The maximum atomic E-state index is 12.8. The van der Waals surface area contributed by atoms with E-state index in [-0.39, 0.29) is 5.91 Å². The molecule has 0 saturated carbocycles. The second-order valence-electron chi connectivity index (χ2n) is 6.66. The van der Waals surface area contributed by atoms with E-state index in [9.17, 15) is 4.79 Å². The molecule has 1 amide bonds. The number of ether oxygens (including phenoxy) is 1. The molecule has 0 N–H and O–H groups in total. The first-order valence-electron chi connectivity index (χ1n) is 9.03. The van der Waals surface area contributed by atoms with Gasteiger partial charge in [-0.1, -0.05) is 48.5 Å². The number of halogens is 1. The highest BCUT2D eigenvalue weighted by molar-refractivity contribution is 9.10. The molecule has 0 bridgehead atoms. The van der Waals surface area contributed by atoms with Crippen LogP contribution in [0.15, 0.2) is 77.3 Å². The van der Waals surface area contributed by atoms with Crippen molar-refractivity contribution in [2.24, 2.45) is 0 Å². The van der Waals surface area contributed by atoms with Crippen LogP contribution in [0.2, 0.25) is 0 Å². The van der Waals surface area contributed by atoms with E-state index in [1.807, 2.05) is 59.5 Å². The molecular weight excluding hydrogens is 402 g/mol. The molecule has 0 radical (unpaired) electrons. The van der Waals surface area contributed by atoms with Crippen molar-refractivity contribution < 1.29 is 9.53 Å². The van der Waals surface area contributed by atoms with Crippen molar-refractivity contribution in [1.82, 2.24) is 4.90 Å². The van der Waals surface area contributed by atoms with Gasteiger partial charge in [0.1, 0.15) is 12.4 Å². The fourth-order valence-electron chi connectivity index (χ4n) is 3.32. The third-order valence-corrected chi connectivity index (χ3v) is 5.50. The molecule has 0 fully saturated rings. The maximum Gasteiger partial charge on any atom is 0.254 e. The van der Waals surface area contributed by atoms with Gasteiger partial charge in [0.05, 0.1) is 4.47 Å². The summed E-state index contributed by atoms with van der Waals surface area (Å²) in [4.78, 5) is 14.8. The average Bonchev–Trinajstić information content (AvgIpc) is 2.73. The molecule has 27 heavy (non-hydrogen) atoms. The predicted molar refractivity (Wildman–Crippen MR) is 110 cm³/mol. The molecule has 136 valence electrons. The van der Waals surface area contributed by atoms with Gasteiger partial charge in [-0.25, -0.2) is 0 Å². The van der Waals surface area contributed by atoms with E-state index in [0.717, 1.165) is 34.3 Å². The van der Waals surface area contributed by atoms with Crippen molar-refractivity contribution in [3.63, 3.8) is 0 Å². The lowest BCUT2D eigenvalue weighted by atomic mass is 9.99. The number of hydrogen-bond acceptors (Lipinski definition) is 2. The van der Waals surface area contributed by atoms with E-state index >= 15 is 0 Å². The molecule has 0 atom stereocenters. The number of amides is 1. The molecule has 1 aliphatic heterocycles. The van der Waals surface area contributed by atoms with Gasteiger partial charge in [0.2, 0.25) is 0 Å². The molecule has 0 aliphatic carbocycles. The van der Waals surface area contributed by atoms with Crippen molar-refractivity contribution in [3.05, 3.63) is 99.5 Å². The zero-order chi connectivity index (χ0) is 18.6. The highest BCUT2D eigenvalue weighted by Crippen LogP contribution is 2.25. The van der Waals surface area contributed by atoms with E-state index in [1.54, 1.807) is 0 Å². The first-order chi connectivity index (χ1) is 13.2. The fourth-order valence-corrected chi connectivity index (χ4v) is 3.72. The van der Waals surface area contributed by atoms with Crippen LogP contribution in [0.25, 0.3) is 0 Å². The van der Waals surface area contributed by atoms with E-state index < -0.39 is 0 Å². The van der Waals surface area contributed by atoms with Crippen molar-refractivity contribution in [2.75, 3.05) is 6.54 Å². The smallest absolute Gasteiger partial charge is 0.254 e. The Kier molecular flexibility index (Phi) is 5.26. The number of fused-ring (bicyclic) bond motifs is 1. The van der Waals surface area contributed by atoms with Crippen LogP contribution in [0, 0.1) is 0 Å². The Hall–Kier alpha value is -2.59. The largest absolute Gasteiger partial charge is 0.488 e. The first-order valence-corrected chi connectivity index (χ1v) is 9.82. The summed E-state index contributed by atoms with van der Waals surface area (Å²) in [5.41, 5.74) is 4.35. The summed E-state index contributed by atoms with van der Waals surface area (Å²) in [6, 6.07) is 23.8. The van der Waals surface area contributed by atoms with Gasteiger partial charge in [-0.15, -0.1) is 0 Å². The number of nitrogens with zero attached hydrogens (tertiary/aromatic N) is 1. The second kappa shape index (κ2) is 7.97. The maximum absolute atomic E-state index is 12.8. The van der Waals surface area contributed by atoms with E-state index in [2.05, 4.69) is 34.1 Å². The minimum atomic E-state index is 0.0859. The standard InChI is InChI=1S/C23H20BrNO2/c24-21-7-3-4-8-22(21)27-16-17-9-11-19(12-10-17)23(26)25-14-13-18-5-1-2-6-20(18)15-25/h1-12H,13-16H2. The lowest BCUT2D eigenvalue weighted by Crippen LogP contribution is -2.35. The molecule has 1 heterocycles. The van der Waals surface area contributed by atoms with Crippen LogP contribution in [0.1, 0.15) is 27.0 Å². The van der Waals surface area contributed by atoms with Crippen LogP contribution < -0.4 is 4.74 Å². The minimum absolute atomic E-state index is 0.0859. The second-order valence-corrected chi connectivity index (χ2v) is 7.52. The van der Waals surface area contributed by atoms with Crippen LogP contribution in [0.5, 0.6) is 5.75 Å². The number of para-hydroxylation sites is 1. The first kappa shape index (κ1) is 17.8. The summed E-state index contributed by atoms with van der Waals surface area (Å²) in [5, 5.41) is 0. The number of carbonyl (C=O) groups is 1. The van der Waals surface area contributed by atoms with Crippen LogP contribution in [-0.4, -0.2) is 17.4 Å². The van der Waals surface area contributed by atoms with E-state index in [0.29, 0.717) is 13.2 Å². The summed E-state index contributed by atoms with van der Waals surface area (Å²) >= 11 is 3.48. The number of carbonyl (C=O) groups excluding carboxylic acids is 1. The molecule has 3 aromatic carbocycles. The van der Waals surface area contributed by atoms with Crippen LogP contribution in [0.3, 0.4) is 0 Å². The molecule has 0 unspecified atom stereocenters. The van der Waals surface area contributed by atoms with Crippen molar-refractivity contribution in [2.45, 2.75) is 19.6 Å². The van der Waals surface area contributed by atoms with Crippen molar-refractivity contribution in [1.29, 1.82) is 0 Å². The van der Waals surface area contributed by atoms with Gasteiger partial charge in [-0.3, -0.25) is 4.79 Å². The Morgan fingerprint density at radius 2 is 1.63 bits per heavy atom. The third-order valence-electron chi connectivity index (χ3n) is 4.85. The van der Waals surface area contributed by atoms with Gasteiger partial charge < -0.3 is 9.64 Å². The molecule has 3 nitrogen and oxygen atoms in total. The topological polar surface area (TPSA) is 29.5 Å². The van der Waals surface area contributed by atoms with E-state index in [4.69, 9.17) is 4.74 Å². The van der Waals surface area contributed by atoms with Gasteiger partial charge in [0.25, 0.3) is 5.91 Å². The normalized spacial score (nSPS) is 13.1. The third kappa shape index (κ3) is 4.06. The Morgan fingerprint density at radius 3 is 2.41 bits per heavy atom. The zero-order valence-corrected chi connectivity index (χ0v) is 16.5. The number of rotatable bonds is 4. The Bertz CT molecular complexity index is 953. The summed E-state index contributed by atoms with van der Waals surface area (Å²) in [6.07, 6.45) is 0.916. The molecule has 0 aromatic heterocycles. The molecule has 4 heteroatoms. The van der Waals surface area contributed by atoms with Crippen LogP contribution >= 0.6 is 15.9 Å². The zero-order valence-electron chi connectivity index (χ0n) is 14.9. The molecule has 0 spiro atoms. The summed E-state index contributed by atoms with van der Waals surface area (Å²) in [7, 11) is 0. The predicted octanol–water partition coefficient (Wildman–Crippen LogP) is 5.23. The quantitative estimate of drug-likeness (QED) is 0.577.